The molecule has 3 nitrogen and oxygen atoms in total. The van der Waals surface area contributed by atoms with Crippen LogP contribution in [0.5, 0.6) is 0 Å². The van der Waals surface area contributed by atoms with Crippen molar-refractivity contribution in [1.29, 1.82) is 0 Å². The third-order valence-corrected chi connectivity index (χ3v) is 3.19. The molecule has 0 unspecified atom stereocenters. The van der Waals surface area contributed by atoms with Crippen LogP contribution in [0.1, 0.15) is 18.9 Å². The SMILES string of the molecule is C/C(CCc1ccccc1)=N\NC(=S)Nc1ccccc1. The highest BCUT2D eigenvalue weighted by molar-refractivity contribution is 7.80. The molecule has 108 valence electrons. The van der Waals surface area contributed by atoms with Crippen molar-refractivity contribution in [2.45, 2.75) is 19.8 Å². The van der Waals surface area contributed by atoms with Gasteiger partial charge in [0.15, 0.2) is 5.11 Å². The molecule has 0 bridgehead atoms. The van der Waals surface area contributed by atoms with Gasteiger partial charge in [0.2, 0.25) is 0 Å². The van der Waals surface area contributed by atoms with E-state index in [0.717, 1.165) is 24.2 Å². The van der Waals surface area contributed by atoms with Crippen molar-refractivity contribution in [2.75, 3.05) is 5.32 Å². The summed E-state index contributed by atoms with van der Waals surface area (Å²) < 4.78 is 0. The molecule has 0 fully saturated rings. The second-order valence-electron chi connectivity index (χ2n) is 4.76. The van der Waals surface area contributed by atoms with E-state index in [1.165, 1.54) is 5.56 Å². The number of anilines is 1. The molecule has 0 atom stereocenters. The van der Waals surface area contributed by atoms with Crippen LogP contribution in [0.25, 0.3) is 0 Å². The number of nitrogens with zero attached hydrogens (tertiary/aromatic N) is 1. The fourth-order valence-corrected chi connectivity index (χ4v) is 2.02. The minimum absolute atomic E-state index is 0.500. The van der Waals surface area contributed by atoms with Gasteiger partial charge in [0.05, 0.1) is 0 Å². The first-order valence-electron chi connectivity index (χ1n) is 6.93. The predicted octanol–water partition coefficient (Wildman–Crippen LogP) is 3.98. The van der Waals surface area contributed by atoms with E-state index >= 15 is 0 Å². The third kappa shape index (κ3) is 5.75. The van der Waals surface area contributed by atoms with Crippen molar-refractivity contribution >= 4 is 28.7 Å². The van der Waals surface area contributed by atoms with Crippen molar-refractivity contribution in [3.8, 4) is 0 Å². The fourth-order valence-electron chi connectivity index (χ4n) is 1.85. The summed E-state index contributed by atoms with van der Waals surface area (Å²) in [5.74, 6) is 0. The molecule has 4 heteroatoms. The molecule has 0 saturated heterocycles. The van der Waals surface area contributed by atoms with Crippen LogP contribution in [0.15, 0.2) is 65.8 Å². The molecular formula is C17H19N3S. The van der Waals surface area contributed by atoms with Gasteiger partial charge in [-0.15, -0.1) is 0 Å². The molecule has 2 rings (SSSR count). The Hall–Kier alpha value is -2.20. The normalized spacial score (nSPS) is 11.0. The highest BCUT2D eigenvalue weighted by Gasteiger charge is 1.97. The highest BCUT2D eigenvalue weighted by Crippen LogP contribution is 2.05. The number of hydrogen-bond donors (Lipinski definition) is 2. The highest BCUT2D eigenvalue weighted by atomic mass is 32.1. The Morgan fingerprint density at radius 3 is 2.29 bits per heavy atom. The molecule has 0 heterocycles. The van der Waals surface area contributed by atoms with E-state index in [2.05, 4.69) is 40.1 Å². The van der Waals surface area contributed by atoms with Crippen molar-refractivity contribution < 1.29 is 0 Å². The summed E-state index contributed by atoms with van der Waals surface area (Å²) in [5.41, 5.74) is 6.17. The molecule has 0 aliphatic carbocycles. The maximum absolute atomic E-state index is 5.20. The van der Waals surface area contributed by atoms with E-state index in [-0.39, 0.29) is 0 Å². The average molecular weight is 297 g/mol. The molecule has 0 aliphatic heterocycles. The molecular weight excluding hydrogens is 278 g/mol. The molecule has 0 saturated carbocycles. The van der Waals surface area contributed by atoms with Crippen LogP contribution >= 0.6 is 12.2 Å². The molecule has 0 spiro atoms. The van der Waals surface area contributed by atoms with Crippen molar-refractivity contribution in [1.82, 2.24) is 5.43 Å². The lowest BCUT2D eigenvalue weighted by Gasteiger charge is -2.07. The van der Waals surface area contributed by atoms with E-state index in [9.17, 15) is 0 Å². The zero-order chi connectivity index (χ0) is 14.9. The summed E-state index contributed by atoms with van der Waals surface area (Å²) in [6, 6.07) is 20.2. The number of hydrazone groups is 1. The van der Waals surface area contributed by atoms with Gasteiger partial charge in [-0.1, -0.05) is 48.5 Å². The molecule has 2 aromatic carbocycles. The minimum Gasteiger partial charge on any atom is -0.331 e. The number of benzene rings is 2. The Labute approximate surface area is 131 Å². The zero-order valence-corrected chi connectivity index (χ0v) is 12.9. The van der Waals surface area contributed by atoms with Crippen molar-refractivity contribution in [3.63, 3.8) is 0 Å². The van der Waals surface area contributed by atoms with Gasteiger partial charge >= 0.3 is 0 Å². The summed E-state index contributed by atoms with van der Waals surface area (Å²) >= 11 is 5.20. The van der Waals surface area contributed by atoms with E-state index in [0.29, 0.717) is 5.11 Å². The first-order chi connectivity index (χ1) is 10.2. The van der Waals surface area contributed by atoms with Gasteiger partial charge < -0.3 is 5.32 Å². The summed E-state index contributed by atoms with van der Waals surface area (Å²) in [6.07, 6.45) is 1.89. The van der Waals surface area contributed by atoms with Crippen molar-refractivity contribution in [2.24, 2.45) is 5.10 Å². The Balaban J connectivity index is 1.76. The van der Waals surface area contributed by atoms with Crippen LogP contribution in [0.2, 0.25) is 0 Å². The third-order valence-electron chi connectivity index (χ3n) is 3.00. The number of nitrogens with one attached hydrogen (secondary N) is 2. The summed E-state index contributed by atoms with van der Waals surface area (Å²) in [4.78, 5) is 0. The first-order valence-corrected chi connectivity index (χ1v) is 7.34. The molecule has 0 aromatic heterocycles. The second-order valence-corrected chi connectivity index (χ2v) is 5.17. The number of para-hydroxylation sites is 1. The smallest absolute Gasteiger partial charge is 0.191 e. The number of aryl methyl sites for hydroxylation is 1. The van der Waals surface area contributed by atoms with Crippen LogP contribution in [0.4, 0.5) is 5.69 Å². The lowest BCUT2D eigenvalue weighted by molar-refractivity contribution is 0.972. The van der Waals surface area contributed by atoms with Crippen LogP contribution in [-0.2, 0) is 6.42 Å². The number of thiocarbonyl (C=S) groups is 1. The van der Waals surface area contributed by atoms with Crippen molar-refractivity contribution in [3.05, 3.63) is 66.2 Å². The van der Waals surface area contributed by atoms with Gasteiger partial charge in [-0.2, -0.15) is 5.10 Å². The molecule has 21 heavy (non-hydrogen) atoms. The second kappa shape index (κ2) is 8.17. The Morgan fingerprint density at radius 2 is 1.62 bits per heavy atom. The average Bonchev–Trinajstić information content (AvgIpc) is 2.53. The molecule has 0 radical (unpaired) electrons. The van der Waals surface area contributed by atoms with Crippen LogP contribution in [-0.4, -0.2) is 10.8 Å². The van der Waals surface area contributed by atoms with Gasteiger partial charge in [0, 0.05) is 11.4 Å². The van der Waals surface area contributed by atoms with Gasteiger partial charge in [0.25, 0.3) is 0 Å². The van der Waals surface area contributed by atoms with Gasteiger partial charge in [-0.25, -0.2) is 0 Å². The Bertz CT molecular complexity index is 594. The predicted molar refractivity (Wildman–Crippen MR) is 93.7 cm³/mol. The molecule has 0 amide bonds. The van der Waals surface area contributed by atoms with Crippen LogP contribution < -0.4 is 10.7 Å². The van der Waals surface area contributed by atoms with Gasteiger partial charge in [-0.3, -0.25) is 5.43 Å². The Kier molecular flexibility index (Phi) is 5.91. The monoisotopic (exact) mass is 297 g/mol. The summed E-state index contributed by atoms with van der Waals surface area (Å²) in [7, 11) is 0. The fraction of sp³-hybridized carbons (Fsp3) is 0.176. The molecule has 2 N–H and O–H groups in total. The van der Waals surface area contributed by atoms with E-state index in [4.69, 9.17) is 12.2 Å². The van der Waals surface area contributed by atoms with Gasteiger partial charge in [0.1, 0.15) is 0 Å². The largest absolute Gasteiger partial charge is 0.331 e. The Morgan fingerprint density at radius 1 is 1.00 bits per heavy atom. The van der Waals surface area contributed by atoms with E-state index < -0.39 is 0 Å². The van der Waals surface area contributed by atoms with Crippen LogP contribution in [0, 0.1) is 0 Å². The topological polar surface area (TPSA) is 36.4 Å². The maximum Gasteiger partial charge on any atom is 0.191 e. The van der Waals surface area contributed by atoms with E-state index in [1.807, 2.05) is 43.3 Å². The number of rotatable bonds is 5. The number of hydrogen-bond acceptors (Lipinski definition) is 2. The minimum atomic E-state index is 0.500. The summed E-state index contributed by atoms with van der Waals surface area (Å²) in [5, 5.41) is 7.88. The molecule has 2 aromatic rings. The lowest BCUT2D eigenvalue weighted by atomic mass is 10.1. The van der Waals surface area contributed by atoms with E-state index in [1.54, 1.807) is 0 Å². The standard InChI is InChI=1S/C17H19N3S/c1-14(12-13-15-8-4-2-5-9-15)19-20-17(21)18-16-10-6-3-7-11-16/h2-11H,12-13H2,1H3,(H2,18,20,21)/b19-14+. The maximum atomic E-state index is 5.20. The first kappa shape index (κ1) is 15.2. The lowest BCUT2D eigenvalue weighted by Crippen LogP contribution is -2.24. The summed E-state index contributed by atoms with van der Waals surface area (Å²) in [6.45, 7) is 2.00. The zero-order valence-electron chi connectivity index (χ0n) is 12.0. The molecule has 0 aliphatic rings. The van der Waals surface area contributed by atoms with Crippen LogP contribution in [0.3, 0.4) is 0 Å². The van der Waals surface area contributed by atoms with Gasteiger partial charge in [-0.05, 0) is 49.7 Å². The quantitative estimate of drug-likeness (QED) is 0.498.